The van der Waals surface area contributed by atoms with E-state index < -0.39 is 40.5 Å². The van der Waals surface area contributed by atoms with Crippen LogP contribution in [0.1, 0.15) is 20.7 Å². The molecular weight excluding hydrogens is 287 g/mol. The molecule has 0 aromatic heterocycles. The first kappa shape index (κ1) is 14.6. The van der Waals surface area contributed by atoms with Crippen molar-refractivity contribution < 1.29 is 27.9 Å². The van der Waals surface area contributed by atoms with Crippen LogP contribution in [0.5, 0.6) is 0 Å². The van der Waals surface area contributed by atoms with Crippen LogP contribution in [0.15, 0.2) is 36.4 Å². The Hall–Kier alpha value is -2.83. The zero-order chi connectivity index (χ0) is 15.6. The molecule has 0 fully saturated rings. The quantitative estimate of drug-likeness (QED) is 0.914. The van der Waals surface area contributed by atoms with Gasteiger partial charge in [-0.1, -0.05) is 6.07 Å². The van der Waals surface area contributed by atoms with Crippen LogP contribution >= 0.6 is 0 Å². The maximum absolute atomic E-state index is 13.4. The van der Waals surface area contributed by atoms with Crippen LogP contribution < -0.4 is 5.32 Å². The highest BCUT2D eigenvalue weighted by Crippen LogP contribution is 2.17. The number of carbonyl (C=O) groups excluding carboxylic acids is 1. The fourth-order valence-corrected chi connectivity index (χ4v) is 1.64. The number of aromatic carboxylic acids is 1. The Morgan fingerprint density at radius 2 is 1.67 bits per heavy atom. The molecule has 0 heterocycles. The molecule has 0 radical (unpaired) electrons. The first-order valence-electron chi connectivity index (χ1n) is 5.68. The number of nitrogens with one attached hydrogen (secondary N) is 1. The van der Waals surface area contributed by atoms with Crippen molar-refractivity contribution in [3.05, 3.63) is 65.0 Å². The molecule has 2 aromatic carbocycles. The van der Waals surface area contributed by atoms with Crippen molar-refractivity contribution in [2.45, 2.75) is 0 Å². The van der Waals surface area contributed by atoms with E-state index >= 15 is 0 Å². The van der Waals surface area contributed by atoms with Gasteiger partial charge in [-0.05, 0) is 30.3 Å². The fourth-order valence-electron chi connectivity index (χ4n) is 1.64. The number of amides is 1. The molecule has 21 heavy (non-hydrogen) atoms. The third-order valence-corrected chi connectivity index (χ3v) is 2.65. The number of carboxylic acid groups (broad SMARTS) is 1. The number of anilines is 1. The number of carboxylic acids is 1. The molecule has 108 valence electrons. The summed E-state index contributed by atoms with van der Waals surface area (Å²) in [6, 6.07) is 5.94. The molecule has 0 saturated heterocycles. The van der Waals surface area contributed by atoms with Crippen molar-refractivity contribution in [2.75, 3.05) is 5.32 Å². The Morgan fingerprint density at radius 3 is 2.29 bits per heavy atom. The Kier molecular flexibility index (Phi) is 3.93. The highest BCUT2D eigenvalue weighted by molar-refractivity contribution is 6.04. The largest absolute Gasteiger partial charge is 0.478 e. The van der Waals surface area contributed by atoms with Gasteiger partial charge in [0.2, 0.25) is 0 Å². The summed E-state index contributed by atoms with van der Waals surface area (Å²) >= 11 is 0. The van der Waals surface area contributed by atoms with Gasteiger partial charge >= 0.3 is 5.97 Å². The molecule has 0 unspecified atom stereocenters. The van der Waals surface area contributed by atoms with E-state index in [9.17, 15) is 22.8 Å². The lowest BCUT2D eigenvalue weighted by Gasteiger charge is -2.07. The standard InChI is InChI=1S/C14H8F3NO3/c15-10-3-1-2-9(12(10)17)13(19)18-7-4-5-8(14(20)21)11(16)6-7/h1-6H,(H,18,19)(H,20,21). The van der Waals surface area contributed by atoms with Crippen LogP contribution in [0, 0.1) is 17.5 Å². The first-order chi connectivity index (χ1) is 9.90. The molecule has 0 atom stereocenters. The minimum atomic E-state index is -1.46. The van der Waals surface area contributed by atoms with E-state index in [0.29, 0.717) is 0 Å². The molecule has 2 aromatic rings. The van der Waals surface area contributed by atoms with Crippen LogP contribution in [0.25, 0.3) is 0 Å². The van der Waals surface area contributed by atoms with Gasteiger partial charge in [0.25, 0.3) is 5.91 Å². The van der Waals surface area contributed by atoms with E-state index in [2.05, 4.69) is 5.32 Å². The molecule has 0 saturated carbocycles. The molecular formula is C14H8F3NO3. The zero-order valence-electron chi connectivity index (χ0n) is 10.4. The van der Waals surface area contributed by atoms with Crippen molar-refractivity contribution in [3.8, 4) is 0 Å². The van der Waals surface area contributed by atoms with Crippen molar-refractivity contribution >= 4 is 17.6 Å². The third-order valence-electron chi connectivity index (χ3n) is 2.65. The van der Waals surface area contributed by atoms with Gasteiger partial charge in [0.1, 0.15) is 5.82 Å². The number of carbonyl (C=O) groups is 2. The molecule has 0 aliphatic carbocycles. The van der Waals surface area contributed by atoms with Gasteiger partial charge in [-0.2, -0.15) is 0 Å². The average Bonchev–Trinajstić information content (AvgIpc) is 2.41. The molecule has 0 aliphatic rings. The molecule has 0 aliphatic heterocycles. The van der Waals surface area contributed by atoms with Crippen molar-refractivity contribution in [2.24, 2.45) is 0 Å². The van der Waals surface area contributed by atoms with E-state index in [4.69, 9.17) is 5.11 Å². The van der Waals surface area contributed by atoms with Gasteiger partial charge in [-0.3, -0.25) is 4.79 Å². The van der Waals surface area contributed by atoms with Crippen molar-refractivity contribution in [1.29, 1.82) is 0 Å². The third kappa shape index (κ3) is 3.02. The van der Waals surface area contributed by atoms with Crippen molar-refractivity contribution in [3.63, 3.8) is 0 Å². The fraction of sp³-hybridized carbons (Fsp3) is 0. The van der Waals surface area contributed by atoms with E-state index in [1.165, 1.54) is 0 Å². The molecule has 4 nitrogen and oxygen atoms in total. The maximum atomic E-state index is 13.4. The van der Waals surface area contributed by atoms with Crippen molar-refractivity contribution in [1.82, 2.24) is 0 Å². The van der Waals surface area contributed by atoms with Gasteiger partial charge in [-0.25, -0.2) is 18.0 Å². The van der Waals surface area contributed by atoms with Gasteiger partial charge < -0.3 is 10.4 Å². The molecule has 0 spiro atoms. The number of halogens is 3. The van der Waals surface area contributed by atoms with Crippen LogP contribution in [-0.4, -0.2) is 17.0 Å². The summed E-state index contributed by atoms with van der Waals surface area (Å²) in [5.41, 5.74) is -1.19. The average molecular weight is 295 g/mol. The highest BCUT2D eigenvalue weighted by Gasteiger charge is 2.16. The predicted molar refractivity (Wildman–Crippen MR) is 67.7 cm³/mol. The van der Waals surface area contributed by atoms with E-state index in [0.717, 1.165) is 36.4 Å². The normalized spacial score (nSPS) is 10.2. The van der Waals surface area contributed by atoms with Gasteiger partial charge in [0, 0.05) is 5.69 Å². The lowest BCUT2D eigenvalue weighted by molar-refractivity contribution is 0.0691. The van der Waals surface area contributed by atoms with Gasteiger partial charge in [0.15, 0.2) is 11.6 Å². The topological polar surface area (TPSA) is 66.4 Å². The van der Waals surface area contributed by atoms with E-state index in [-0.39, 0.29) is 5.69 Å². The zero-order valence-corrected chi connectivity index (χ0v) is 10.4. The Labute approximate surface area is 116 Å². The maximum Gasteiger partial charge on any atom is 0.338 e. The van der Waals surface area contributed by atoms with Crippen LogP contribution in [0.4, 0.5) is 18.9 Å². The lowest BCUT2D eigenvalue weighted by atomic mass is 10.1. The first-order valence-corrected chi connectivity index (χ1v) is 5.68. The summed E-state index contributed by atoms with van der Waals surface area (Å²) in [6.07, 6.45) is 0. The summed E-state index contributed by atoms with van der Waals surface area (Å²) in [7, 11) is 0. The predicted octanol–water partition coefficient (Wildman–Crippen LogP) is 3.05. The second-order valence-electron chi connectivity index (χ2n) is 4.06. The summed E-state index contributed by atoms with van der Waals surface area (Å²) in [6.45, 7) is 0. The molecule has 2 N–H and O–H groups in total. The smallest absolute Gasteiger partial charge is 0.338 e. The number of rotatable bonds is 3. The van der Waals surface area contributed by atoms with Crippen LogP contribution in [0.2, 0.25) is 0 Å². The SMILES string of the molecule is O=C(O)c1ccc(NC(=O)c2cccc(F)c2F)cc1F. The molecule has 0 bridgehead atoms. The number of hydrogen-bond donors (Lipinski definition) is 2. The minimum absolute atomic E-state index is 0.0776. The summed E-state index contributed by atoms with van der Waals surface area (Å²) in [4.78, 5) is 22.4. The number of hydrogen-bond acceptors (Lipinski definition) is 2. The second-order valence-corrected chi connectivity index (χ2v) is 4.06. The highest BCUT2D eigenvalue weighted by atomic mass is 19.2. The van der Waals surface area contributed by atoms with Gasteiger partial charge in [0.05, 0.1) is 11.1 Å². The van der Waals surface area contributed by atoms with Gasteiger partial charge in [-0.15, -0.1) is 0 Å². The Bertz CT molecular complexity index is 731. The monoisotopic (exact) mass is 295 g/mol. The molecule has 2 rings (SSSR count). The lowest BCUT2D eigenvalue weighted by Crippen LogP contribution is -2.15. The van der Waals surface area contributed by atoms with Crippen LogP contribution in [0.3, 0.4) is 0 Å². The van der Waals surface area contributed by atoms with E-state index in [1.54, 1.807) is 0 Å². The molecule has 7 heteroatoms. The van der Waals surface area contributed by atoms with Crippen LogP contribution in [-0.2, 0) is 0 Å². The summed E-state index contributed by atoms with van der Waals surface area (Å²) in [5.74, 6) is -6.00. The minimum Gasteiger partial charge on any atom is -0.478 e. The Balaban J connectivity index is 2.26. The summed E-state index contributed by atoms with van der Waals surface area (Å²) in [5, 5.41) is 10.8. The Morgan fingerprint density at radius 1 is 0.952 bits per heavy atom. The summed E-state index contributed by atoms with van der Waals surface area (Å²) < 4.78 is 39.9. The van der Waals surface area contributed by atoms with E-state index in [1.807, 2.05) is 0 Å². The number of benzene rings is 2. The molecule has 1 amide bonds. The second kappa shape index (κ2) is 5.66.